The molecule has 0 saturated carbocycles. The summed E-state index contributed by atoms with van der Waals surface area (Å²) >= 11 is 0. The number of phosphoric ester groups is 1. The van der Waals surface area contributed by atoms with Gasteiger partial charge in [0.2, 0.25) is 5.91 Å². The van der Waals surface area contributed by atoms with Crippen LogP contribution in [0.15, 0.2) is 48.6 Å². The first kappa shape index (κ1) is 86.0. The number of amides is 1. The molecule has 0 aromatic heterocycles. The third-order valence-corrected chi connectivity index (χ3v) is 18.4. The summed E-state index contributed by atoms with van der Waals surface area (Å²) in [5.41, 5.74) is 0. The molecule has 0 aliphatic heterocycles. The van der Waals surface area contributed by atoms with Crippen LogP contribution >= 0.6 is 7.82 Å². The summed E-state index contributed by atoms with van der Waals surface area (Å²) in [5, 5.41) is 3.05. The van der Waals surface area contributed by atoms with Crippen molar-refractivity contribution < 1.29 is 37.3 Å². The van der Waals surface area contributed by atoms with Crippen LogP contribution < -0.4 is 10.2 Å². The average molecular weight is 1260 g/mol. The van der Waals surface area contributed by atoms with E-state index in [1.807, 2.05) is 33.3 Å². The summed E-state index contributed by atoms with van der Waals surface area (Å²) in [6, 6.07) is -0.888. The minimum absolute atomic E-state index is 0.0203. The molecule has 0 aliphatic carbocycles. The summed E-state index contributed by atoms with van der Waals surface area (Å²) in [7, 11) is 1.20. The monoisotopic (exact) mass is 1260 g/mol. The molecule has 10 heteroatoms. The molecule has 0 rings (SSSR count). The zero-order valence-electron chi connectivity index (χ0n) is 59.5. The van der Waals surface area contributed by atoms with Crippen molar-refractivity contribution in [3.63, 3.8) is 0 Å². The molecule has 0 bridgehead atoms. The first-order chi connectivity index (χ1) is 42.9. The first-order valence-corrected chi connectivity index (χ1v) is 39.9. The number of ether oxygens (including phenoxy) is 1. The van der Waals surface area contributed by atoms with Crippen molar-refractivity contribution >= 4 is 19.7 Å². The number of esters is 1. The summed E-state index contributed by atoms with van der Waals surface area (Å²) < 4.78 is 30.5. The third-order valence-electron chi connectivity index (χ3n) is 17.5. The molecule has 0 fully saturated rings. The van der Waals surface area contributed by atoms with Crippen molar-refractivity contribution in [2.45, 2.75) is 399 Å². The molecule has 0 aromatic rings. The molecule has 1 amide bonds. The van der Waals surface area contributed by atoms with Gasteiger partial charge in [-0.25, -0.2) is 0 Å². The maximum absolute atomic E-state index is 13.6. The Kier molecular flexibility index (Phi) is 66.3. The number of quaternary nitrogens is 1. The summed E-state index contributed by atoms with van der Waals surface area (Å²) in [6.07, 6.45) is 86.8. The maximum atomic E-state index is 13.6. The lowest BCUT2D eigenvalue weighted by molar-refractivity contribution is -0.870. The Bertz CT molecular complexity index is 1640. The highest BCUT2D eigenvalue weighted by Crippen LogP contribution is 2.38. The second-order valence-corrected chi connectivity index (χ2v) is 28.9. The molecule has 88 heavy (non-hydrogen) atoms. The van der Waals surface area contributed by atoms with Crippen LogP contribution in [0.4, 0.5) is 0 Å². The second-order valence-electron chi connectivity index (χ2n) is 27.5. The Morgan fingerprint density at radius 1 is 0.398 bits per heavy atom. The molecular weight excluding hydrogens is 1110 g/mol. The fourth-order valence-electron chi connectivity index (χ4n) is 11.6. The second kappa shape index (κ2) is 67.8. The van der Waals surface area contributed by atoms with Gasteiger partial charge in [0.25, 0.3) is 7.82 Å². The lowest BCUT2D eigenvalue weighted by Crippen LogP contribution is -2.47. The van der Waals surface area contributed by atoms with E-state index in [0.717, 1.165) is 64.2 Å². The van der Waals surface area contributed by atoms with Crippen molar-refractivity contribution in [3.05, 3.63) is 48.6 Å². The van der Waals surface area contributed by atoms with Crippen LogP contribution in [0.5, 0.6) is 0 Å². The number of unbranched alkanes of at least 4 members (excludes halogenated alkanes) is 49. The zero-order chi connectivity index (χ0) is 64.2. The minimum atomic E-state index is -4.70. The number of allylic oxidation sites excluding steroid dienone is 7. The highest BCUT2D eigenvalue weighted by atomic mass is 31.2. The van der Waals surface area contributed by atoms with Crippen LogP contribution in [0.25, 0.3) is 0 Å². The zero-order valence-corrected chi connectivity index (χ0v) is 60.3. The average Bonchev–Trinajstić information content (AvgIpc) is 3.53. The van der Waals surface area contributed by atoms with Crippen LogP contribution in [-0.4, -0.2) is 69.4 Å². The Labute approximate surface area is 548 Å². The van der Waals surface area contributed by atoms with Crippen LogP contribution in [0, 0.1) is 0 Å². The molecule has 9 nitrogen and oxygen atoms in total. The van der Waals surface area contributed by atoms with Crippen LogP contribution in [-0.2, 0) is 27.9 Å². The SMILES string of the molecule is CCCCC/C=C\C/C=C\CCCCCCCCCCCCCCCC(=O)NC(COP(=O)([O-])OCC[N+](C)(C)C)C(/C=C/CCCCCCCCCCCC)OC(=O)CCCCCCCCCCCCCCCCCCC/C=C/CCCCCCCC. The van der Waals surface area contributed by atoms with E-state index in [9.17, 15) is 19.0 Å². The van der Waals surface area contributed by atoms with Gasteiger partial charge in [-0.1, -0.05) is 333 Å². The fourth-order valence-corrected chi connectivity index (χ4v) is 12.3. The molecule has 0 aliphatic rings. The molecule has 0 saturated heterocycles. The maximum Gasteiger partial charge on any atom is 0.306 e. The molecule has 0 heterocycles. The first-order valence-electron chi connectivity index (χ1n) is 38.4. The minimum Gasteiger partial charge on any atom is -0.756 e. The summed E-state index contributed by atoms with van der Waals surface area (Å²) in [6.45, 7) is 6.88. The molecule has 1 N–H and O–H groups in total. The van der Waals surface area contributed by atoms with E-state index in [1.165, 1.54) is 289 Å². The van der Waals surface area contributed by atoms with E-state index in [2.05, 4.69) is 62.5 Å². The third kappa shape index (κ3) is 68.3. The van der Waals surface area contributed by atoms with Gasteiger partial charge in [0.05, 0.1) is 33.8 Å². The lowest BCUT2D eigenvalue weighted by atomic mass is 10.0. The Hall–Kier alpha value is -2.03. The number of likely N-dealkylation sites (N-methyl/N-ethyl adjacent to an activating group) is 1. The van der Waals surface area contributed by atoms with Crippen molar-refractivity contribution in [3.8, 4) is 0 Å². The topological polar surface area (TPSA) is 114 Å². The molecule has 0 spiro atoms. The highest BCUT2D eigenvalue weighted by Gasteiger charge is 2.27. The van der Waals surface area contributed by atoms with Gasteiger partial charge in [-0.15, -0.1) is 0 Å². The van der Waals surface area contributed by atoms with Gasteiger partial charge in [-0.3, -0.25) is 14.2 Å². The number of rotatable bonds is 71. The number of carbonyl (C=O) groups excluding carboxylic acids is 2. The van der Waals surface area contributed by atoms with Gasteiger partial charge in [0.1, 0.15) is 19.3 Å². The predicted molar refractivity (Wildman–Crippen MR) is 381 cm³/mol. The van der Waals surface area contributed by atoms with Gasteiger partial charge in [-0.05, 0) is 89.5 Å². The Morgan fingerprint density at radius 3 is 1.06 bits per heavy atom. The number of hydrogen-bond donors (Lipinski definition) is 1. The fraction of sp³-hybridized carbons (Fsp3) is 0.872. The molecule has 3 unspecified atom stereocenters. The number of nitrogens with one attached hydrogen (secondary N) is 1. The standard InChI is InChI=1S/C78H149N2O7P/c1-7-10-13-16-19-22-25-28-30-32-34-36-38-39-40-41-43-45-47-49-51-53-56-59-62-65-68-71-78(82)87-76(69-66-63-60-57-54-27-24-21-18-15-12-9-3)75(74-86-88(83,84)85-73-72-80(4,5)6)79-77(81)70-67-64-61-58-55-52-50-48-46-44-42-37-35-33-31-29-26-23-20-17-14-11-8-2/h20,23,28-31,66,69,75-76H,7-19,21-22,24-27,32-65,67-68,70-74H2,1-6H3,(H-,79,81,83,84)/b23-20-,30-28+,31-29-,69-66+. The smallest absolute Gasteiger partial charge is 0.306 e. The molecule has 0 aromatic carbocycles. The molecular formula is C78H149N2O7P. The van der Waals surface area contributed by atoms with Crippen molar-refractivity contribution in [2.75, 3.05) is 40.9 Å². The van der Waals surface area contributed by atoms with Gasteiger partial charge in [-0.2, -0.15) is 0 Å². The number of nitrogens with zero attached hydrogens (tertiary/aromatic N) is 1. The molecule has 518 valence electrons. The van der Waals surface area contributed by atoms with Crippen LogP contribution in [0.3, 0.4) is 0 Å². The van der Waals surface area contributed by atoms with E-state index in [0.29, 0.717) is 17.4 Å². The highest BCUT2D eigenvalue weighted by molar-refractivity contribution is 7.45. The van der Waals surface area contributed by atoms with E-state index >= 15 is 0 Å². The molecule has 3 atom stereocenters. The normalized spacial score (nSPS) is 13.7. The van der Waals surface area contributed by atoms with E-state index in [4.69, 9.17) is 13.8 Å². The number of phosphoric acid groups is 1. The number of carbonyl (C=O) groups is 2. The van der Waals surface area contributed by atoms with Gasteiger partial charge >= 0.3 is 5.97 Å². The van der Waals surface area contributed by atoms with Crippen LogP contribution in [0.1, 0.15) is 387 Å². The van der Waals surface area contributed by atoms with Gasteiger partial charge in [0.15, 0.2) is 0 Å². The lowest BCUT2D eigenvalue weighted by Gasteiger charge is -2.30. The predicted octanol–water partition coefficient (Wildman–Crippen LogP) is 24.1. The Morgan fingerprint density at radius 2 is 0.693 bits per heavy atom. The van der Waals surface area contributed by atoms with Gasteiger partial charge < -0.3 is 28.5 Å². The number of hydrogen-bond acceptors (Lipinski definition) is 7. The van der Waals surface area contributed by atoms with E-state index in [1.54, 1.807) is 0 Å². The van der Waals surface area contributed by atoms with E-state index in [-0.39, 0.29) is 31.5 Å². The Balaban J connectivity index is 4.93. The van der Waals surface area contributed by atoms with Crippen molar-refractivity contribution in [2.24, 2.45) is 0 Å². The van der Waals surface area contributed by atoms with Crippen molar-refractivity contribution in [1.82, 2.24) is 5.32 Å². The van der Waals surface area contributed by atoms with Gasteiger partial charge in [0, 0.05) is 12.8 Å². The largest absolute Gasteiger partial charge is 0.756 e. The van der Waals surface area contributed by atoms with Crippen molar-refractivity contribution in [1.29, 1.82) is 0 Å². The quantitative estimate of drug-likeness (QED) is 0.0212. The van der Waals surface area contributed by atoms with Crippen LogP contribution in [0.2, 0.25) is 0 Å². The van der Waals surface area contributed by atoms with E-state index < -0.39 is 20.0 Å². The molecule has 0 radical (unpaired) electrons. The summed E-state index contributed by atoms with van der Waals surface area (Å²) in [5.74, 6) is -0.522. The summed E-state index contributed by atoms with van der Waals surface area (Å²) in [4.78, 5) is 40.3.